The third kappa shape index (κ3) is 3.15. The van der Waals surface area contributed by atoms with Crippen LogP contribution in [0.15, 0.2) is 29.5 Å². The first-order valence-corrected chi connectivity index (χ1v) is 2.30. The van der Waals surface area contributed by atoms with Gasteiger partial charge in [0.1, 0.15) is 0 Å². The van der Waals surface area contributed by atoms with Gasteiger partial charge in [-0.2, -0.15) is 0 Å². The van der Waals surface area contributed by atoms with Gasteiger partial charge in [0, 0.05) is 7.05 Å². The number of allylic oxidation sites excluding steroid dienone is 1. The van der Waals surface area contributed by atoms with Crippen LogP contribution in [0.4, 0.5) is 0 Å². The number of aliphatic imine (C=N–C) groups is 1. The van der Waals surface area contributed by atoms with E-state index in [1.54, 1.807) is 12.3 Å². The third-order valence-electron chi connectivity index (χ3n) is 0.645. The van der Waals surface area contributed by atoms with Crippen molar-refractivity contribution in [2.45, 2.75) is 0 Å². The summed E-state index contributed by atoms with van der Waals surface area (Å²) < 4.78 is 0. The molecule has 0 spiro atoms. The first-order chi connectivity index (χ1) is 3.81. The molecule has 8 heavy (non-hydrogen) atoms. The van der Waals surface area contributed by atoms with Crippen LogP contribution in [0, 0.1) is 0 Å². The van der Waals surface area contributed by atoms with Crippen LogP contribution in [0.3, 0.4) is 0 Å². The Morgan fingerprint density at radius 1 is 1.75 bits per heavy atom. The lowest BCUT2D eigenvalue weighted by molar-refractivity contribution is 1.10. The highest BCUT2D eigenvalue weighted by Gasteiger charge is 1.72. The van der Waals surface area contributed by atoms with Gasteiger partial charge in [-0.25, -0.2) is 0 Å². The monoisotopic (exact) mass is 110 g/mol. The van der Waals surface area contributed by atoms with E-state index in [4.69, 9.17) is 0 Å². The Morgan fingerprint density at radius 3 is 2.75 bits per heavy atom. The summed E-state index contributed by atoms with van der Waals surface area (Å²) in [6.07, 6.45) is 3.49. The summed E-state index contributed by atoms with van der Waals surface area (Å²) in [7, 11) is 1.81. The molecule has 44 valence electrons. The SMILES string of the molecule is C=NC(=C)/C=C\NC. The molecule has 0 amide bonds. The van der Waals surface area contributed by atoms with Crippen LogP contribution in [0.5, 0.6) is 0 Å². The zero-order chi connectivity index (χ0) is 6.41. The Kier molecular flexibility index (Phi) is 3.58. The van der Waals surface area contributed by atoms with E-state index in [2.05, 4.69) is 23.6 Å². The normalized spacial score (nSPS) is 9.12. The second kappa shape index (κ2) is 4.12. The first kappa shape index (κ1) is 6.95. The molecule has 0 aromatic rings. The summed E-state index contributed by atoms with van der Waals surface area (Å²) in [5, 5.41) is 2.80. The molecule has 0 atom stereocenters. The highest BCUT2D eigenvalue weighted by molar-refractivity contribution is 5.31. The molecule has 0 aliphatic carbocycles. The van der Waals surface area contributed by atoms with Crippen molar-refractivity contribution in [3.8, 4) is 0 Å². The molecule has 0 fully saturated rings. The average Bonchev–Trinajstić information content (AvgIpc) is 1.83. The molecule has 0 saturated heterocycles. The topological polar surface area (TPSA) is 24.4 Å². The first-order valence-electron chi connectivity index (χ1n) is 2.30. The minimum Gasteiger partial charge on any atom is -0.394 e. The summed E-state index contributed by atoms with van der Waals surface area (Å²) in [6.45, 7) is 6.84. The molecule has 0 heterocycles. The van der Waals surface area contributed by atoms with Gasteiger partial charge in [0.05, 0.1) is 5.70 Å². The smallest absolute Gasteiger partial charge is 0.0564 e. The number of hydrogen-bond acceptors (Lipinski definition) is 2. The van der Waals surface area contributed by atoms with Gasteiger partial charge in [-0.3, -0.25) is 4.99 Å². The Hall–Kier alpha value is -1.05. The van der Waals surface area contributed by atoms with Crippen molar-refractivity contribution in [2.75, 3.05) is 7.05 Å². The fourth-order valence-electron chi connectivity index (χ4n) is 0.232. The Labute approximate surface area is 49.6 Å². The van der Waals surface area contributed by atoms with Crippen molar-refractivity contribution < 1.29 is 0 Å². The Bertz CT molecular complexity index is 114. The van der Waals surface area contributed by atoms with E-state index >= 15 is 0 Å². The molecule has 0 rings (SSSR count). The van der Waals surface area contributed by atoms with Gasteiger partial charge < -0.3 is 5.32 Å². The molecule has 1 N–H and O–H groups in total. The fraction of sp³-hybridized carbons (Fsp3) is 0.167. The summed E-state index contributed by atoms with van der Waals surface area (Å²) in [4.78, 5) is 3.55. The van der Waals surface area contributed by atoms with Gasteiger partial charge in [-0.05, 0) is 19.0 Å². The van der Waals surface area contributed by atoms with Crippen molar-refractivity contribution in [3.05, 3.63) is 24.6 Å². The maximum atomic E-state index is 3.55. The summed E-state index contributed by atoms with van der Waals surface area (Å²) in [5.41, 5.74) is 0.666. The number of nitrogens with one attached hydrogen (secondary N) is 1. The Balaban J connectivity index is 3.52. The van der Waals surface area contributed by atoms with Crippen LogP contribution in [-0.4, -0.2) is 13.8 Å². The van der Waals surface area contributed by atoms with Crippen molar-refractivity contribution in [1.29, 1.82) is 0 Å². The third-order valence-corrected chi connectivity index (χ3v) is 0.645. The quantitative estimate of drug-likeness (QED) is 0.424. The molecular formula is C6H10N2. The van der Waals surface area contributed by atoms with E-state index in [1.165, 1.54) is 0 Å². The van der Waals surface area contributed by atoms with Gasteiger partial charge in [0.25, 0.3) is 0 Å². The summed E-state index contributed by atoms with van der Waals surface area (Å²) in [5.74, 6) is 0. The van der Waals surface area contributed by atoms with Crippen molar-refractivity contribution >= 4 is 6.72 Å². The molecule has 0 aromatic heterocycles. The number of rotatable bonds is 3. The lowest BCUT2D eigenvalue weighted by Crippen LogP contribution is -1.90. The van der Waals surface area contributed by atoms with Gasteiger partial charge in [0.15, 0.2) is 0 Å². The van der Waals surface area contributed by atoms with Crippen molar-refractivity contribution in [2.24, 2.45) is 4.99 Å². The van der Waals surface area contributed by atoms with Crippen LogP contribution in [0.2, 0.25) is 0 Å². The molecule has 0 aromatic carbocycles. The molecule has 2 nitrogen and oxygen atoms in total. The summed E-state index contributed by atoms with van der Waals surface area (Å²) in [6, 6.07) is 0. The predicted octanol–water partition coefficient (Wildman–Crippen LogP) is 0.934. The molecular weight excluding hydrogens is 100 g/mol. The van der Waals surface area contributed by atoms with Gasteiger partial charge in [-0.15, -0.1) is 0 Å². The second-order valence-electron chi connectivity index (χ2n) is 1.27. The van der Waals surface area contributed by atoms with E-state index in [1.807, 2.05) is 7.05 Å². The van der Waals surface area contributed by atoms with Crippen molar-refractivity contribution in [1.82, 2.24) is 5.32 Å². The van der Waals surface area contributed by atoms with Gasteiger partial charge in [-0.1, -0.05) is 6.58 Å². The maximum absolute atomic E-state index is 3.55. The highest BCUT2D eigenvalue weighted by Crippen LogP contribution is 1.88. The minimum absolute atomic E-state index is 0.666. The Morgan fingerprint density at radius 2 is 2.38 bits per heavy atom. The second-order valence-corrected chi connectivity index (χ2v) is 1.27. The molecule has 0 aliphatic rings. The molecule has 0 bridgehead atoms. The minimum atomic E-state index is 0.666. The van der Waals surface area contributed by atoms with E-state index in [9.17, 15) is 0 Å². The summed E-state index contributed by atoms with van der Waals surface area (Å²) >= 11 is 0. The molecule has 0 unspecified atom stereocenters. The average molecular weight is 110 g/mol. The van der Waals surface area contributed by atoms with Crippen molar-refractivity contribution in [3.63, 3.8) is 0 Å². The molecule has 0 saturated carbocycles. The fourth-order valence-corrected chi connectivity index (χ4v) is 0.232. The van der Waals surface area contributed by atoms with Gasteiger partial charge >= 0.3 is 0 Å². The van der Waals surface area contributed by atoms with Crippen LogP contribution in [0.25, 0.3) is 0 Å². The lowest BCUT2D eigenvalue weighted by atomic mass is 10.5. The van der Waals surface area contributed by atoms with Crippen LogP contribution in [0.1, 0.15) is 0 Å². The standard InChI is InChI=1S/C6H10N2/c1-6(8-3)4-5-7-2/h4-5,7H,1,3H2,2H3/b5-4-. The molecule has 0 radical (unpaired) electrons. The number of nitrogens with zero attached hydrogens (tertiary/aromatic N) is 1. The lowest BCUT2D eigenvalue weighted by Gasteiger charge is -1.85. The van der Waals surface area contributed by atoms with Gasteiger partial charge in [0.2, 0.25) is 0 Å². The van der Waals surface area contributed by atoms with Crippen LogP contribution < -0.4 is 5.32 Å². The van der Waals surface area contributed by atoms with Crippen LogP contribution in [-0.2, 0) is 0 Å². The van der Waals surface area contributed by atoms with E-state index in [-0.39, 0.29) is 0 Å². The zero-order valence-corrected chi connectivity index (χ0v) is 5.02. The zero-order valence-electron chi connectivity index (χ0n) is 5.02. The predicted molar refractivity (Wildman–Crippen MR) is 36.9 cm³/mol. The van der Waals surface area contributed by atoms with E-state index in [0.717, 1.165) is 0 Å². The molecule has 2 heteroatoms. The largest absolute Gasteiger partial charge is 0.394 e. The van der Waals surface area contributed by atoms with E-state index in [0.29, 0.717) is 5.70 Å². The van der Waals surface area contributed by atoms with Crippen LogP contribution >= 0.6 is 0 Å². The highest BCUT2D eigenvalue weighted by atomic mass is 14.8. The maximum Gasteiger partial charge on any atom is 0.0564 e. The molecule has 0 aliphatic heterocycles. The van der Waals surface area contributed by atoms with E-state index < -0.39 is 0 Å². The number of hydrogen-bond donors (Lipinski definition) is 1.